The van der Waals surface area contributed by atoms with E-state index < -0.39 is 15.9 Å². The van der Waals surface area contributed by atoms with E-state index >= 15 is 0 Å². The van der Waals surface area contributed by atoms with E-state index in [1.807, 2.05) is 24.3 Å². The summed E-state index contributed by atoms with van der Waals surface area (Å²) in [6.45, 7) is 0. The summed E-state index contributed by atoms with van der Waals surface area (Å²) in [5, 5.41) is 21.0. The zero-order valence-electron chi connectivity index (χ0n) is 17.1. The predicted octanol–water partition coefficient (Wildman–Crippen LogP) is 6.67. The third kappa shape index (κ3) is 5.32. The number of phenolic OH excluding ortho intramolecular Hbond substituents is 1. The van der Waals surface area contributed by atoms with Gasteiger partial charge in [-0.3, -0.25) is 9.52 Å². The predicted molar refractivity (Wildman–Crippen MR) is 137 cm³/mol. The summed E-state index contributed by atoms with van der Waals surface area (Å²) in [6, 6.07) is 24.8. The van der Waals surface area contributed by atoms with Gasteiger partial charge in [0.15, 0.2) is 9.92 Å². The zero-order chi connectivity index (χ0) is 23.4. The number of aliphatic carboxylic acids is 1. The SMILES string of the molecule is O=C(O)CSc1cc(NS(=O)(=Nc2ccccc2)c2ccc(Br)cc2)c2ccccc2c1O. The van der Waals surface area contributed by atoms with Crippen molar-refractivity contribution in [3.8, 4) is 5.75 Å². The number of phenols is 1. The van der Waals surface area contributed by atoms with Gasteiger partial charge in [-0.05, 0) is 42.5 Å². The Bertz CT molecular complexity index is 1430. The van der Waals surface area contributed by atoms with E-state index in [1.165, 1.54) is 0 Å². The second-order valence-corrected chi connectivity index (χ2v) is 10.9. The highest BCUT2D eigenvalue weighted by atomic mass is 79.9. The van der Waals surface area contributed by atoms with E-state index in [0.29, 0.717) is 31.9 Å². The summed E-state index contributed by atoms with van der Waals surface area (Å²) < 4.78 is 22.8. The quantitative estimate of drug-likeness (QED) is 0.179. The maximum Gasteiger partial charge on any atom is 0.313 e. The van der Waals surface area contributed by atoms with Crippen molar-refractivity contribution in [2.75, 3.05) is 10.5 Å². The Morgan fingerprint density at radius 3 is 2.27 bits per heavy atom. The van der Waals surface area contributed by atoms with Crippen molar-refractivity contribution in [3.63, 3.8) is 0 Å². The third-order valence-corrected chi connectivity index (χ3v) is 8.12. The molecule has 0 aliphatic heterocycles. The van der Waals surface area contributed by atoms with Crippen LogP contribution in [0.5, 0.6) is 5.75 Å². The van der Waals surface area contributed by atoms with Crippen molar-refractivity contribution in [2.45, 2.75) is 9.79 Å². The fourth-order valence-corrected chi connectivity index (χ4v) is 5.86. The minimum Gasteiger partial charge on any atom is -0.506 e. The highest BCUT2D eigenvalue weighted by Gasteiger charge is 2.19. The largest absolute Gasteiger partial charge is 0.506 e. The average Bonchev–Trinajstić information content (AvgIpc) is 2.81. The number of nitrogens with zero attached hydrogens (tertiary/aromatic N) is 1. The lowest BCUT2D eigenvalue weighted by molar-refractivity contribution is -0.133. The van der Waals surface area contributed by atoms with Crippen molar-refractivity contribution >= 4 is 65.7 Å². The van der Waals surface area contributed by atoms with Gasteiger partial charge >= 0.3 is 5.97 Å². The molecule has 6 nitrogen and oxygen atoms in total. The average molecular weight is 543 g/mol. The summed E-state index contributed by atoms with van der Waals surface area (Å²) >= 11 is 4.40. The van der Waals surface area contributed by atoms with Crippen molar-refractivity contribution < 1.29 is 19.2 Å². The molecule has 4 aromatic rings. The third-order valence-electron chi connectivity index (χ3n) is 4.70. The van der Waals surface area contributed by atoms with E-state index in [-0.39, 0.29) is 11.5 Å². The van der Waals surface area contributed by atoms with Crippen molar-refractivity contribution in [1.29, 1.82) is 0 Å². The monoisotopic (exact) mass is 542 g/mol. The van der Waals surface area contributed by atoms with E-state index in [0.717, 1.165) is 16.2 Å². The van der Waals surface area contributed by atoms with E-state index in [1.54, 1.807) is 60.7 Å². The highest BCUT2D eigenvalue weighted by Crippen LogP contribution is 2.41. The molecule has 33 heavy (non-hydrogen) atoms. The number of fused-ring (bicyclic) bond motifs is 1. The van der Waals surface area contributed by atoms with Crippen LogP contribution in [0.1, 0.15) is 0 Å². The lowest BCUT2D eigenvalue weighted by Crippen LogP contribution is -2.13. The van der Waals surface area contributed by atoms with E-state index in [2.05, 4.69) is 25.0 Å². The van der Waals surface area contributed by atoms with Crippen molar-refractivity contribution in [3.05, 3.63) is 89.4 Å². The molecule has 0 aliphatic carbocycles. The number of nitrogens with one attached hydrogen (secondary N) is 1. The lowest BCUT2D eigenvalue weighted by Gasteiger charge is -2.18. The van der Waals surface area contributed by atoms with Crippen LogP contribution in [-0.4, -0.2) is 26.1 Å². The second kappa shape index (κ2) is 9.86. The Hall–Kier alpha value is -3.01. The van der Waals surface area contributed by atoms with Crippen molar-refractivity contribution in [1.82, 2.24) is 0 Å². The van der Waals surface area contributed by atoms with Gasteiger partial charge in [0.05, 0.1) is 26.9 Å². The highest BCUT2D eigenvalue weighted by molar-refractivity contribution is 9.10. The minimum atomic E-state index is -3.20. The molecule has 0 aliphatic rings. The van der Waals surface area contributed by atoms with Crippen molar-refractivity contribution in [2.24, 2.45) is 4.36 Å². The number of anilines is 1. The molecule has 9 heteroatoms. The summed E-state index contributed by atoms with van der Waals surface area (Å²) in [7, 11) is -3.20. The fourth-order valence-electron chi connectivity index (χ4n) is 3.21. The number of rotatable bonds is 7. The summed E-state index contributed by atoms with van der Waals surface area (Å²) in [6.07, 6.45) is 0. The molecule has 0 fully saturated rings. The van der Waals surface area contributed by atoms with Crippen LogP contribution >= 0.6 is 27.7 Å². The van der Waals surface area contributed by atoms with Gasteiger partial charge in [-0.25, -0.2) is 4.21 Å². The maximum absolute atomic E-state index is 14.3. The van der Waals surface area contributed by atoms with E-state index in [9.17, 15) is 14.1 Å². The van der Waals surface area contributed by atoms with Crippen LogP contribution < -0.4 is 4.72 Å². The number of halogens is 1. The van der Waals surface area contributed by atoms with Crippen LogP contribution in [0.3, 0.4) is 0 Å². The summed E-state index contributed by atoms with van der Waals surface area (Å²) in [4.78, 5) is 11.9. The first kappa shape index (κ1) is 23.2. The number of hydrogen-bond acceptors (Lipinski definition) is 5. The summed E-state index contributed by atoms with van der Waals surface area (Å²) in [5.41, 5.74) is 1.02. The number of aromatic hydroxyl groups is 1. The Morgan fingerprint density at radius 1 is 0.970 bits per heavy atom. The molecule has 0 radical (unpaired) electrons. The topological polar surface area (TPSA) is 99.0 Å². The molecule has 0 spiro atoms. The van der Waals surface area contributed by atoms with Crippen LogP contribution in [-0.2, 0) is 14.7 Å². The van der Waals surface area contributed by atoms with Crippen LogP contribution in [0, 0.1) is 0 Å². The first-order valence-corrected chi connectivity index (χ1v) is 13.1. The van der Waals surface area contributed by atoms with Crippen LogP contribution in [0.2, 0.25) is 0 Å². The molecule has 1 unspecified atom stereocenters. The van der Waals surface area contributed by atoms with Crippen LogP contribution in [0.25, 0.3) is 10.8 Å². The fraction of sp³-hybridized carbons (Fsp3) is 0.0417. The number of benzene rings is 4. The molecular formula is C24H19BrN2O4S2. The Labute approximate surface area is 204 Å². The first-order valence-electron chi connectivity index (χ1n) is 9.80. The number of carbonyl (C=O) groups is 1. The van der Waals surface area contributed by atoms with Gasteiger partial charge < -0.3 is 10.2 Å². The molecule has 4 aromatic carbocycles. The number of carboxylic acids is 1. The molecule has 0 aromatic heterocycles. The molecular weight excluding hydrogens is 524 g/mol. The number of carboxylic acid groups (broad SMARTS) is 1. The van der Waals surface area contributed by atoms with Gasteiger partial charge in [0.2, 0.25) is 0 Å². The first-order chi connectivity index (χ1) is 15.9. The second-order valence-electron chi connectivity index (χ2n) is 7.01. The molecule has 168 valence electrons. The van der Waals surface area contributed by atoms with Gasteiger partial charge in [-0.2, -0.15) is 4.36 Å². The van der Waals surface area contributed by atoms with Crippen LogP contribution in [0.15, 0.2) is 104 Å². The molecule has 0 saturated heterocycles. The Kier molecular flexibility index (Phi) is 6.92. The smallest absolute Gasteiger partial charge is 0.313 e. The molecule has 1 atom stereocenters. The van der Waals surface area contributed by atoms with Gasteiger partial charge in [-0.15, -0.1) is 11.8 Å². The standard InChI is InChI=1S/C24H19BrN2O4S2/c25-16-10-12-18(13-11-16)33(31,26-17-6-2-1-3-7-17)27-21-14-22(32-15-23(28)29)24(30)20-9-5-4-8-19(20)21/h1-14,30H,15H2,(H,28,29)(H,26,27,31). The molecule has 0 heterocycles. The van der Waals surface area contributed by atoms with Crippen LogP contribution in [0.4, 0.5) is 11.4 Å². The summed E-state index contributed by atoms with van der Waals surface area (Å²) in [5.74, 6) is -1.24. The molecule has 3 N–H and O–H groups in total. The van der Waals surface area contributed by atoms with Gasteiger partial charge in [0.1, 0.15) is 5.75 Å². The number of hydrogen-bond donors (Lipinski definition) is 3. The maximum atomic E-state index is 14.3. The lowest BCUT2D eigenvalue weighted by atomic mass is 10.1. The number of thioether (sulfide) groups is 1. The Balaban J connectivity index is 1.90. The minimum absolute atomic E-state index is 0.0162. The molecule has 0 amide bonds. The van der Waals surface area contributed by atoms with E-state index in [4.69, 9.17) is 5.11 Å². The molecule has 4 rings (SSSR count). The Morgan fingerprint density at radius 2 is 1.61 bits per heavy atom. The van der Waals surface area contributed by atoms with Gasteiger partial charge in [-0.1, -0.05) is 58.4 Å². The van der Waals surface area contributed by atoms with Gasteiger partial charge in [0.25, 0.3) is 0 Å². The molecule has 0 bridgehead atoms. The molecule has 0 saturated carbocycles. The normalized spacial score (nSPS) is 12.8. The van der Waals surface area contributed by atoms with Gasteiger partial charge in [0, 0.05) is 15.2 Å². The zero-order valence-corrected chi connectivity index (χ0v) is 20.4.